The van der Waals surface area contributed by atoms with E-state index in [1.165, 1.54) is 7.05 Å². The van der Waals surface area contributed by atoms with Crippen molar-refractivity contribution in [1.29, 1.82) is 0 Å². The average Bonchev–Trinajstić information content (AvgIpc) is 2.04. The standard InChI is InChI=1S/C8H11NO.CH5N/c1-5-3-7(9)4-6(2)8(5)10;1-2/h3-4,10H,9H2,1-2H3;2H2,1H3. The minimum absolute atomic E-state index is 0.342. The lowest BCUT2D eigenvalue weighted by atomic mass is 10.1. The largest absolute Gasteiger partial charge is 0.507 e. The smallest absolute Gasteiger partial charge is 0.121 e. The van der Waals surface area contributed by atoms with E-state index in [4.69, 9.17) is 5.73 Å². The van der Waals surface area contributed by atoms with Crippen molar-refractivity contribution in [2.45, 2.75) is 13.8 Å². The second kappa shape index (κ2) is 4.62. The first-order valence-electron chi connectivity index (χ1n) is 3.74. The molecule has 1 aromatic rings. The number of anilines is 1. The molecule has 0 amide bonds. The Labute approximate surface area is 73.0 Å². The Balaban J connectivity index is 0.000000561. The fraction of sp³-hybridized carbons (Fsp3) is 0.333. The number of phenolic OH excluding ortho intramolecular Hbond substituents is 1. The molecule has 0 saturated heterocycles. The summed E-state index contributed by atoms with van der Waals surface area (Å²) in [4.78, 5) is 0. The van der Waals surface area contributed by atoms with E-state index in [0.717, 1.165) is 11.1 Å². The van der Waals surface area contributed by atoms with Gasteiger partial charge in [0.25, 0.3) is 0 Å². The molecule has 0 unspecified atom stereocenters. The summed E-state index contributed by atoms with van der Waals surface area (Å²) in [5.74, 6) is 0.342. The van der Waals surface area contributed by atoms with E-state index in [1.54, 1.807) is 12.1 Å². The van der Waals surface area contributed by atoms with Crippen LogP contribution in [0.15, 0.2) is 12.1 Å². The zero-order valence-corrected chi connectivity index (χ0v) is 7.76. The van der Waals surface area contributed by atoms with Crippen molar-refractivity contribution in [3.8, 4) is 5.75 Å². The molecule has 3 heteroatoms. The number of aryl methyl sites for hydroxylation is 2. The predicted molar refractivity (Wildman–Crippen MR) is 52.1 cm³/mol. The molecule has 5 N–H and O–H groups in total. The normalized spacial score (nSPS) is 8.67. The van der Waals surface area contributed by atoms with Gasteiger partial charge in [-0.15, -0.1) is 0 Å². The van der Waals surface area contributed by atoms with E-state index in [-0.39, 0.29) is 0 Å². The summed E-state index contributed by atoms with van der Waals surface area (Å²) >= 11 is 0. The second-order valence-corrected chi connectivity index (χ2v) is 2.50. The van der Waals surface area contributed by atoms with Crippen molar-refractivity contribution >= 4 is 5.69 Å². The van der Waals surface area contributed by atoms with E-state index in [9.17, 15) is 5.11 Å². The van der Waals surface area contributed by atoms with E-state index < -0.39 is 0 Å². The molecule has 1 aromatic carbocycles. The summed E-state index contributed by atoms with van der Waals surface area (Å²) in [6, 6.07) is 3.50. The first kappa shape index (κ1) is 10.8. The maximum Gasteiger partial charge on any atom is 0.121 e. The van der Waals surface area contributed by atoms with Gasteiger partial charge in [0, 0.05) is 5.69 Å². The summed E-state index contributed by atoms with van der Waals surface area (Å²) in [7, 11) is 1.50. The van der Waals surface area contributed by atoms with Gasteiger partial charge in [0.2, 0.25) is 0 Å². The van der Waals surface area contributed by atoms with E-state index in [0.29, 0.717) is 11.4 Å². The fourth-order valence-corrected chi connectivity index (χ4v) is 0.989. The van der Waals surface area contributed by atoms with Crippen LogP contribution in [0.5, 0.6) is 5.75 Å². The molecule has 0 atom stereocenters. The number of phenols is 1. The molecule has 12 heavy (non-hydrogen) atoms. The van der Waals surface area contributed by atoms with Gasteiger partial charge in [-0.25, -0.2) is 0 Å². The van der Waals surface area contributed by atoms with Gasteiger partial charge >= 0.3 is 0 Å². The van der Waals surface area contributed by atoms with Crippen molar-refractivity contribution < 1.29 is 5.11 Å². The average molecular weight is 168 g/mol. The first-order chi connectivity index (χ1) is 5.61. The zero-order chi connectivity index (χ0) is 9.72. The van der Waals surface area contributed by atoms with Crippen LogP contribution in [0, 0.1) is 13.8 Å². The molecule has 0 fully saturated rings. The third kappa shape index (κ3) is 2.43. The minimum atomic E-state index is 0.342. The zero-order valence-electron chi connectivity index (χ0n) is 7.76. The van der Waals surface area contributed by atoms with Gasteiger partial charge in [0.15, 0.2) is 0 Å². The van der Waals surface area contributed by atoms with E-state index in [1.807, 2.05) is 13.8 Å². The number of nitrogens with two attached hydrogens (primary N) is 2. The second-order valence-electron chi connectivity index (χ2n) is 2.50. The van der Waals surface area contributed by atoms with Crippen LogP contribution in [0.25, 0.3) is 0 Å². The Hall–Kier alpha value is -1.22. The molecule has 1 rings (SSSR count). The maximum atomic E-state index is 9.28. The molecule has 0 heterocycles. The molecule has 0 aliphatic carbocycles. The van der Waals surface area contributed by atoms with Gasteiger partial charge in [0.1, 0.15) is 5.75 Å². The molecule has 0 aliphatic heterocycles. The van der Waals surface area contributed by atoms with Gasteiger partial charge in [-0.2, -0.15) is 0 Å². The highest BCUT2D eigenvalue weighted by Gasteiger charge is 1.99. The molecular weight excluding hydrogens is 152 g/mol. The quantitative estimate of drug-likeness (QED) is 0.402. The minimum Gasteiger partial charge on any atom is -0.507 e. The van der Waals surface area contributed by atoms with Crippen molar-refractivity contribution in [3.05, 3.63) is 23.3 Å². The van der Waals surface area contributed by atoms with Crippen LogP contribution >= 0.6 is 0 Å². The molecule has 3 nitrogen and oxygen atoms in total. The number of aromatic hydroxyl groups is 1. The summed E-state index contributed by atoms with van der Waals surface area (Å²) in [6.07, 6.45) is 0. The number of hydrogen-bond acceptors (Lipinski definition) is 3. The third-order valence-corrected chi connectivity index (χ3v) is 1.51. The van der Waals surface area contributed by atoms with Crippen LogP contribution in [0.4, 0.5) is 5.69 Å². The van der Waals surface area contributed by atoms with Gasteiger partial charge in [-0.1, -0.05) is 0 Å². The number of rotatable bonds is 0. The van der Waals surface area contributed by atoms with Crippen LogP contribution < -0.4 is 11.5 Å². The molecule has 0 bridgehead atoms. The van der Waals surface area contributed by atoms with Gasteiger partial charge in [0.05, 0.1) is 0 Å². The van der Waals surface area contributed by atoms with Crippen molar-refractivity contribution in [1.82, 2.24) is 0 Å². The topological polar surface area (TPSA) is 72.3 Å². The highest BCUT2D eigenvalue weighted by Crippen LogP contribution is 2.23. The Bertz CT molecular complexity index is 236. The maximum absolute atomic E-state index is 9.28. The van der Waals surface area contributed by atoms with Crippen LogP contribution in [-0.2, 0) is 0 Å². The number of nitrogen functional groups attached to an aromatic ring is 1. The van der Waals surface area contributed by atoms with E-state index in [2.05, 4.69) is 5.73 Å². The summed E-state index contributed by atoms with van der Waals surface area (Å²) in [5.41, 5.74) is 12.4. The lowest BCUT2D eigenvalue weighted by Crippen LogP contribution is -1.87. The van der Waals surface area contributed by atoms with Gasteiger partial charge < -0.3 is 16.6 Å². The molecular formula is C9H16N2O. The third-order valence-electron chi connectivity index (χ3n) is 1.51. The van der Waals surface area contributed by atoms with Crippen molar-refractivity contribution in [3.63, 3.8) is 0 Å². The highest BCUT2D eigenvalue weighted by molar-refractivity contribution is 5.51. The SMILES string of the molecule is CN.Cc1cc(N)cc(C)c1O. The van der Waals surface area contributed by atoms with Gasteiger partial charge in [-0.05, 0) is 44.2 Å². The fourth-order valence-electron chi connectivity index (χ4n) is 0.989. The lowest BCUT2D eigenvalue weighted by Gasteiger charge is -2.03. The lowest BCUT2D eigenvalue weighted by molar-refractivity contribution is 0.467. The molecule has 0 aromatic heterocycles. The van der Waals surface area contributed by atoms with Crippen LogP contribution in [-0.4, -0.2) is 12.2 Å². The Morgan fingerprint density at radius 2 is 1.42 bits per heavy atom. The van der Waals surface area contributed by atoms with Crippen LogP contribution in [0.1, 0.15) is 11.1 Å². The predicted octanol–water partition coefficient (Wildman–Crippen LogP) is 1.17. The van der Waals surface area contributed by atoms with Crippen molar-refractivity contribution in [2.75, 3.05) is 12.8 Å². The van der Waals surface area contributed by atoms with Crippen molar-refractivity contribution in [2.24, 2.45) is 5.73 Å². The molecule has 0 saturated carbocycles. The van der Waals surface area contributed by atoms with E-state index >= 15 is 0 Å². The number of benzene rings is 1. The Kier molecular flexibility index (Phi) is 4.15. The highest BCUT2D eigenvalue weighted by atomic mass is 16.3. The van der Waals surface area contributed by atoms with Gasteiger partial charge in [-0.3, -0.25) is 0 Å². The molecule has 68 valence electrons. The summed E-state index contributed by atoms with van der Waals surface area (Å²) in [5, 5.41) is 9.28. The monoisotopic (exact) mass is 168 g/mol. The Morgan fingerprint density at radius 3 is 1.75 bits per heavy atom. The first-order valence-corrected chi connectivity index (χ1v) is 3.74. The Morgan fingerprint density at radius 1 is 1.08 bits per heavy atom. The summed E-state index contributed by atoms with van der Waals surface area (Å²) in [6.45, 7) is 3.66. The van der Waals surface area contributed by atoms with Crippen LogP contribution in [0.2, 0.25) is 0 Å². The molecule has 0 spiro atoms. The van der Waals surface area contributed by atoms with Crippen LogP contribution in [0.3, 0.4) is 0 Å². The molecule has 0 radical (unpaired) electrons. The number of hydrogen-bond donors (Lipinski definition) is 3. The summed E-state index contributed by atoms with van der Waals surface area (Å²) < 4.78 is 0. The molecule has 0 aliphatic rings.